The molecule has 138 valence electrons. The summed E-state index contributed by atoms with van der Waals surface area (Å²) >= 11 is 0. The highest BCUT2D eigenvalue weighted by Gasteiger charge is 2.50. The van der Waals surface area contributed by atoms with Crippen molar-refractivity contribution < 1.29 is 14.1 Å². The van der Waals surface area contributed by atoms with Crippen LogP contribution in [0.15, 0.2) is 10.7 Å². The second-order valence-corrected chi connectivity index (χ2v) is 7.28. The van der Waals surface area contributed by atoms with Gasteiger partial charge in [0, 0.05) is 30.8 Å². The summed E-state index contributed by atoms with van der Waals surface area (Å²) in [6, 6.07) is -0.0341. The molecule has 8 heteroatoms. The number of nitrogens with zero attached hydrogens (tertiary/aromatic N) is 4. The van der Waals surface area contributed by atoms with Crippen LogP contribution in [0.4, 0.5) is 5.69 Å². The molecule has 0 aromatic carbocycles. The van der Waals surface area contributed by atoms with Gasteiger partial charge in [0.2, 0.25) is 11.8 Å². The zero-order valence-electron chi connectivity index (χ0n) is 15.4. The van der Waals surface area contributed by atoms with Crippen molar-refractivity contribution >= 4 is 17.5 Å². The Bertz CT molecular complexity index is 860. The summed E-state index contributed by atoms with van der Waals surface area (Å²) < 4.78 is 6.91. The van der Waals surface area contributed by atoms with Gasteiger partial charge in [-0.15, -0.1) is 0 Å². The number of hydrogen-bond donors (Lipinski definition) is 1. The molecule has 1 aliphatic carbocycles. The van der Waals surface area contributed by atoms with Crippen molar-refractivity contribution in [2.45, 2.75) is 52.1 Å². The molecule has 0 spiro atoms. The Morgan fingerprint density at radius 3 is 2.58 bits per heavy atom. The molecule has 4 rings (SSSR count). The molecule has 3 heterocycles. The molecule has 2 aliphatic rings. The lowest BCUT2D eigenvalue weighted by Gasteiger charge is -2.28. The number of nitrogens with one attached hydrogen (secondary N) is 1. The molecule has 1 saturated carbocycles. The molecule has 1 N–H and O–H groups in total. The summed E-state index contributed by atoms with van der Waals surface area (Å²) in [6.45, 7) is 5.51. The molecule has 0 bridgehead atoms. The quantitative estimate of drug-likeness (QED) is 0.904. The lowest BCUT2D eigenvalue weighted by atomic mass is 9.93. The maximum Gasteiger partial charge on any atom is 0.230 e. The van der Waals surface area contributed by atoms with Crippen LogP contribution in [0.1, 0.15) is 48.0 Å². The predicted molar refractivity (Wildman–Crippen MR) is 93.3 cm³/mol. The first-order valence-electron chi connectivity index (χ1n) is 8.92. The van der Waals surface area contributed by atoms with E-state index in [1.807, 2.05) is 18.9 Å². The van der Waals surface area contributed by atoms with Crippen molar-refractivity contribution in [3.8, 4) is 0 Å². The Morgan fingerprint density at radius 2 is 2.04 bits per heavy atom. The Balaban J connectivity index is 1.68. The average Bonchev–Trinajstić information content (AvgIpc) is 3.22. The van der Waals surface area contributed by atoms with Crippen LogP contribution in [0.25, 0.3) is 0 Å². The first kappa shape index (κ1) is 16.8. The molecular weight excluding hydrogens is 334 g/mol. The SMILES string of the molecule is Cc1noc(C)c1NC(=O)[C@H]1CC(=O)N(C2CC2)[C@@H]1c1cnn(C)c1C. The van der Waals surface area contributed by atoms with Crippen LogP contribution in [0.5, 0.6) is 0 Å². The van der Waals surface area contributed by atoms with E-state index >= 15 is 0 Å². The number of rotatable bonds is 4. The Kier molecular flexibility index (Phi) is 3.86. The van der Waals surface area contributed by atoms with E-state index in [2.05, 4.69) is 15.6 Å². The van der Waals surface area contributed by atoms with E-state index in [-0.39, 0.29) is 30.3 Å². The van der Waals surface area contributed by atoms with Crippen molar-refractivity contribution in [1.29, 1.82) is 0 Å². The number of amides is 2. The van der Waals surface area contributed by atoms with Crippen LogP contribution in [0.2, 0.25) is 0 Å². The van der Waals surface area contributed by atoms with Gasteiger partial charge in [0.25, 0.3) is 0 Å². The zero-order valence-corrected chi connectivity index (χ0v) is 15.4. The van der Waals surface area contributed by atoms with E-state index in [1.54, 1.807) is 24.7 Å². The van der Waals surface area contributed by atoms with Gasteiger partial charge >= 0.3 is 0 Å². The van der Waals surface area contributed by atoms with E-state index in [1.165, 1.54) is 0 Å². The van der Waals surface area contributed by atoms with Gasteiger partial charge in [-0.05, 0) is 33.6 Å². The molecule has 2 fully saturated rings. The molecule has 2 atom stereocenters. The Hall–Kier alpha value is -2.64. The molecule has 0 unspecified atom stereocenters. The van der Waals surface area contributed by atoms with Crippen LogP contribution in [-0.4, -0.2) is 37.7 Å². The third kappa shape index (κ3) is 2.60. The summed E-state index contributed by atoms with van der Waals surface area (Å²) in [5.41, 5.74) is 3.15. The number of likely N-dealkylation sites (tertiary alicyclic amines) is 1. The minimum absolute atomic E-state index is 0.0414. The highest BCUT2D eigenvalue weighted by atomic mass is 16.5. The van der Waals surface area contributed by atoms with Crippen LogP contribution in [0, 0.1) is 26.7 Å². The van der Waals surface area contributed by atoms with Crippen molar-refractivity contribution in [1.82, 2.24) is 19.8 Å². The summed E-state index contributed by atoms with van der Waals surface area (Å²) in [5, 5.41) is 11.1. The molecule has 1 saturated heterocycles. The third-order valence-electron chi connectivity index (χ3n) is 5.51. The van der Waals surface area contributed by atoms with Crippen molar-refractivity contribution in [3.63, 3.8) is 0 Å². The first-order chi connectivity index (χ1) is 12.4. The number of carbonyl (C=O) groups excluding carboxylic acids is 2. The van der Waals surface area contributed by atoms with Gasteiger partial charge in [0.1, 0.15) is 11.4 Å². The number of anilines is 1. The maximum atomic E-state index is 13.1. The first-order valence-corrected chi connectivity index (χ1v) is 8.92. The fourth-order valence-electron chi connectivity index (χ4n) is 3.82. The largest absolute Gasteiger partial charge is 0.359 e. The third-order valence-corrected chi connectivity index (χ3v) is 5.51. The van der Waals surface area contributed by atoms with E-state index in [9.17, 15) is 9.59 Å². The van der Waals surface area contributed by atoms with Crippen LogP contribution in [-0.2, 0) is 16.6 Å². The van der Waals surface area contributed by atoms with E-state index in [0.29, 0.717) is 17.1 Å². The molecule has 2 amide bonds. The van der Waals surface area contributed by atoms with Gasteiger partial charge in [-0.3, -0.25) is 14.3 Å². The fraction of sp³-hybridized carbons (Fsp3) is 0.556. The average molecular weight is 357 g/mol. The zero-order chi connectivity index (χ0) is 18.6. The molecule has 2 aromatic heterocycles. The molecule has 26 heavy (non-hydrogen) atoms. The highest BCUT2D eigenvalue weighted by molar-refractivity contribution is 5.98. The van der Waals surface area contributed by atoms with E-state index in [4.69, 9.17) is 4.52 Å². The standard InChI is InChI=1S/C18H23N5O3/c1-9-16(11(3)26-21-9)20-18(25)13-7-15(24)23(12-5-6-12)17(13)14-8-19-22(4)10(14)2/h8,12-13,17H,5-7H2,1-4H3,(H,20,25)/t13-,17-/m0/s1. The minimum atomic E-state index is -0.459. The van der Waals surface area contributed by atoms with Gasteiger partial charge in [-0.1, -0.05) is 5.16 Å². The lowest BCUT2D eigenvalue weighted by Crippen LogP contribution is -2.34. The van der Waals surface area contributed by atoms with Gasteiger partial charge in [0.05, 0.1) is 18.2 Å². The minimum Gasteiger partial charge on any atom is -0.359 e. The van der Waals surface area contributed by atoms with Gasteiger partial charge < -0.3 is 14.7 Å². The molecule has 8 nitrogen and oxygen atoms in total. The predicted octanol–water partition coefficient (Wildman–Crippen LogP) is 2.02. The Labute approximate surface area is 151 Å². The highest BCUT2D eigenvalue weighted by Crippen LogP contribution is 2.46. The summed E-state index contributed by atoms with van der Waals surface area (Å²) in [7, 11) is 1.87. The van der Waals surface area contributed by atoms with Gasteiger partial charge in [0.15, 0.2) is 5.76 Å². The van der Waals surface area contributed by atoms with Gasteiger partial charge in [-0.25, -0.2) is 0 Å². The number of aromatic nitrogens is 3. The van der Waals surface area contributed by atoms with Gasteiger partial charge in [-0.2, -0.15) is 5.10 Å². The summed E-state index contributed by atoms with van der Waals surface area (Å²) in [6.07, 6.45) is 3.99. The number of hydrogen-bond acceptors (Lipinski definition) is 5. The fourth-order valence-corrected chi connectivity index (χ4v) is 3.82. The lowest BCUT2D eigenvalue weighted by molar-refractivity contribution is -0.129. The van der Waals surface area contributed by atoms with Crippen LogP contribution < -0.4 is 5.32 Å². The van der Waals surface area contributed by atoms with Crippen LogP contribution >= 0.6 is 0 Å². The molecule has 1 aliphatic heterocycles. The molecular formula is C18H23N5O3. The number of carbonyl (C=O) groups is 2. The summed E-state index contributed by atoms with van der Waals surface area (Å²) in [4.78, 5) is 27.7. The van der Waals surface area contributed by atoms with Crippen molar-refractivity contribution in [3.05, 3.63) is 28.9 Å². The second kappa shape index (κ2) is 5.96. The van der Waals surface area contributed by atoms with Crippen molar-refractivity contribution in [2.75, 3.05) is 5.32 Å². The maximum absolute atomic E-state index is 13.1. The smallest absolute Gasteiger partial charge is 0.230 e. The molecule has 2 aromatic rings. The monoisotopic (exact) mass is 357 g/mol. The normalized spacial score (nSPS) is 22.9. The topological polar surface area (TPSA) is 93.3 Å². The van der Waals surface area contributed by atoms with Crippen molar-refractivity contribution in [2.24, 2.45) is 13.0 Å². The summed E-state index contributed by atoms with van der Waals surface area (Å²) in [5.74, 6) is -0.0307. The van der Waals surface area contributed by atoms with Crippen LogP contribution in [0.3, 0.4) is 0 Å². The molecule has 0 radical (unpaired) electrons. The Morgan fingerprint density at radius 1 is 1.31 bits per heavy atom. The number of aryl methyl sites for hydroxylation is 3. The van der Waals surface area contributed by atoms with E-state index < -0.39 is 5.92 Å². The second-order valence-electron chi connectivity index (χ2n) is 7.28. The van der Waals surface area contributed by atoms with E-state index in [0.717, 1.165) is 24.1 Å².